The number of hydrogen-bond donors (Lipinski definition) is 1. The molecule has 0 heterocycles. The maximum atomic E-state index is 13.2. The Kier molecular flexibility index (Phi) is 5.97. The van der Waals surface area contributed by atoms with Gasteiger partial charge in [0.2, 0.25) is 0 Å². The van der Waals surface area contributed by atoms with Gasteiger partial charge in [-0.1, -0.05) is 50.9 Å². The molecule has 21 heavy (non-hydrogen) atoms. The minimum absolute atomic E-state index is 0.213. The van der Waals surface area contributed by atoms with Gasteiger partial charge in [0, 0.05) is 15.0 Å². The molecular formula is C17H18Br2FN. The van der Waals surface area contributed by atoms with Crippen LogP contribution in [0.15, 0.2) is 45.3 Å². The fourth-order valence-electron chi connectivity index (χ4n) is 2.48. The molecule has 1 atom stereocenters. The number of nitrogens with one attached hydrogen (secondary N) is 1. The van der Waals surface area contributed by atoms with E-state index in [9.17, 15) is 4.39 Å². The van der Waals surface area contributed by atoms with E-state index in [0.717, 1.165) is 27.5 Å². The summed E-state index contributed by atoms with van der Waals surface area (Å²) in [5.74, 6) is -0.217. The quantitative estimate of drug-likeness (QED) is 0.675. The molecule has 0 amide bonds. The lowest BCUT2D eigenvalue weighted by Crippen LogP contribution is -2.24. The van der Waals surface area contributed by atoms with Crippen molar-refractivity contribution in [2.24, 2.45) is 0 Å². The Labute approximate surface area is 142 Å². The van der Waals surface area contributed by atoms with Crippen molar-refractivity contribution in [3.63, 3.8) is 0 Å². The molecule has 0 bridgehead atoms. The highest BCUT2D eigenvalue weighted by molar-refractivity contribution is 9.10. The number of rotatable bonds is 5. The molecular weight excluding hydrogens is 397 g/mol. The van der Waals surface area contributed by atoms with Gasteiger partial charge in [0.25, 0.3) is 0 Å². The first-order valence-corrected chi connectivity index (χ1v) is 8.53. The highest BCUT2D eigenvalue weighted by Crippen LogP contribution is 2.27. The van der Waals surface area contributed by atoms with Crippen LogP contribution in [0.25, 0.3) is 0 Å². The largest absolute Gasteiger partial charge is 0.310 e. The molecule has 2 aromatic rings. The van der Waals surface area contributed by atoms with Crippen molar-refractivity contribution in [1.29, 1.82) is 0 Å². The van der Waals surface area contributed by atoms with Crippen molar-refractivity contribution in [2.75, 3.05) is 6.54 Å². The van der Waals surface area contributed by atoms with Crippen molar-refractivity contribution < 1.29 is 4.39 Å². The summed E-state index contributed by atoms with van der Waals surface area (Å²) in [6, 6.07) is 11.4. The Morgan fingerprint density at radius 1 is 1.14 bits per heavy atom. The molecule has 1 nitrogen and oxygen atoms in total. The molecule has 0 radical (unpaired) electrons. The maximum Gasteiger partial charge on any atom is 0.124 e. The van der Waals surface area contributed by atoms with Gasteiger partial charge >= 0.3 is 0 Å². The zero-order valence-corrected chi connectivity index (χ0v) is 15.3. The molecule has 2 aromatic carbocycles. The monoisotopic (exact) mass is 413 g/mol. The standard InChI is InChI=1S/C17H18Br2FN/c1-3-21-17(15-7-5-13(18)8-11(15)2)9-12-4-6-14(20)10-16(12)19/h4-8,10,17,21H,3,9H2,1-2H3. The number of likely N-dealkylation sites (N-methyl/N-ethyl adjacent to an activating group) is 1. The number of aryl methyl sites for hydroxylation is 1. The summed E-state index contributed by atoms with van der Waals surface area (Å²) in [5.41, 5.74) is 3.62. The van der Waals surface area contributed by atoms with Crippen LogP contribution in [0.4, 0.5) is 4.39 Å². The number of hydrogen-bond acceptors (Lipinski definition) is 1. The third-order valence-corrected chi connectivity index (χ3v) is 4.73. The third kappa shape index (κ3) is 4.38. The van der Waals surface area contributed by atoms with Crippen LogP contribution >= 0.6 is 31.9 Å². The Balaban J connectivity index is 2.30. The van der Waals surface area contributed by atoms with Crippen molar-refractivity contribution >= 4 is 31.9 Å². The topological polar surface area (TPSA) is 12.0 Å². The zero-order valence-electron chi connectivity index (χ0n) is 12.1. The normalized spacial score (nSPS) is 12.4. The van der Waals surface area contributed by atoms with E-state index in [1.807, 2.05) is 6.07 Å². The van der Waals surface area contributed by atoms with E-state index in [1.54, 1.807) is 0 Å². The first-order valence-electron chi connectivity index (χ1n) is 6.94. The van der Waals surface area contributed by atoms with E-state index in [2.05, 4.69) is 69.2 Å². The van der Waals surface area contributed by atoms with Gasteiger partial charge in [-0.2, -0.15) is 0 Å². The zero-order chi connectivity index (χ0) is 15.4. The Hall–Kier alpha value is -0.710. The van der Waals surface area contributed by atoms with Gasteiger partial charge in [0.1, 0.15) is 5.82 Å². The summed E-state index contributed by atoms with van der Waals surface area (Å²) < 4.78 is 15.1. The summed E-state index contributed by atoms with van der Waals surface area (Å²) in [6.45, 7) is 5.10. The molecule has 0 aromatic heterocycles. The lowest BCUT2D eigenvalue weighted by molar-refractivity contribution is 0.545. The molecule has 0 saturated carbocycles. The maximum absolute atomic E-state index is 13.2. The van der Waals surface area contributed by atoms with Gasteiger partial charge in [-0.05, 0) is 60.8 Å². The molecule has 0 aliphatic rings. The fourth-order valence-corrected chi connectivity index (χ4v) is 3.46. The van der Waals surface area contributed by atoms with E-state index >= 15 is 0 Å². The van der Waals surface area contributed by atoms with Crippen molar-refractivity contribution in [1.82, 2.24) is 5.32 Å². The summed E-state index contributed by atoms with van der Waals surface area (Å²) in [7, 11) is 0. The summed E-state index contributed by atoms with van der Waals surface area (Å²) in [4.78, 5) is 0. The lowest BCUT2D eigenvalue weighted by atomic mass is 9.95. The fraction of sp³-hybridized carbons (Fsp3) is 0.294. The summed E-state index contributed by atoms with van der Waals surface area (Å²) in [6.07, 6.45) is 0.817. The van der Waals surface area contributed by atoms with Crippen LogP contribution in [-0.4, -0.2) is 6.54 Å². The average molecular weight is 415 g/mol. The van der Waals surface area contributed by atoms with E-state index < -0.39 is 0 Å². The van der Waals surface area contributed by atoms with Crippen LogP contribution in [0.5, 0.6) is 0 Å². The van der Waals surface area contributed by atoms with Crippen LogP contribution in [0.1, 0.15) is 29.7 Å². The Bertz CT molecular complexity index is 628. The summed E-state index contributed by atoms with van der Waals surface area (Å²) >= 11 is 6.96. The van der Waals surface area contributed by atoms with Crippen molar-refractivity contribution in [3.05, 3.63) is 67.9 Å². The highest BCUT2D eigenvalue weighted by atomic mass is 79.9. The second kappa shape index (κ2) is 7.52. The molecule has 1 unspecified atom stereocenters. The van der Waals surface area contributed by atoms with E-state index in [-0.39, 0.29) is 11.9 Å². The van der Waals surface area contributed by atoms with Crippen LogP contribution in [0.3, 0.4) is 0 Å². The predicted molar refractivity (Wildman–Crippen MR) is 93.1 cm³/mol. The highest BCUT2D eigenvalue weighted by Gasteiger charge is 2.15. The first kappa shape index (κ1) is 16.7. The Morgan fingerprint density at radius 2 is 1.90 bits per heavy atom. The molecule has 2 rings (SSSR count). The molecule has 0 aliphatic heterocycles. The minimum atomic E-state index is -0.217. The molecule has 0 aliphatic carbocycles. The molecule has 112 valence electrons. The second-order valence-electron chi connectivity index (χ2n) is 5.05. The van der Waals surface area contributed by atoms with E-state index in [4.69, 9.17) is 0 Å². The van der Waals surface area contributed by atoms with Crippen molar-refractivity contribution in [2.45, 2.75) is 26.3 Å². The van der Waals surface area contributed by atoms with E-state index in [0.29, 0.717) is 0 Å². The number of halogens is 3. The molecule has 0 fully saturated rings. The van der Waals surface area contributed by atoms with Crippen molar-refractivity contribution in [3.8, 4) is 0 Å². The van der Waals surface area contributed by atoms with Gasteiger partial charge in [-0.3, -0.25) is 0 Å². The van der Waals surface area contributed by atoms with Crippen LogP contribution < -0.4 is 5.32 Å². The SMILES string of the molecule is CCNC(Cc1ccc(F)cc1Br)c1ccc(Br)cc1C. The number of benzene rings is 2. The summed E-state index contributed by atoms with van der Waals surface area (Å²) in [5, 5.41) is 3.52. The molecule has 0 saturated heterocycles. The van der Waals surface area contributed by atoms with Gasteiger partial charge in [-0.15, -0.1) is 0 Å². The van der Waals surface area contributed by atoms with Crippen LogP contribution in [0.2, 0.25) is 0 Å². The van der Waals surface area contributed by atoms with Gasteiger partial charge in [0.15, 0.2) is 0 Å². The van der Waals surface area contributed by atoms with Gasteiger partial charge in [0.05, 0.1) is 0 Å². The molecule has 4 heteroatoms. The minimum Gasteiger partial charge on any atom is -0.310 e. The lowest BCUT2D eigenvalue weighted by Gasteiger charge is -2.21. The second-order valence-corrected chi connectivity index (χ2v) is 6.82. The Morgan fingerprint density at radius 3 is 2.52 bits per heavy atom. The average Bonchev–Trinajstić information content (AvgIpc) is 2.41. The predicted octanol–water partition coefficient (Wildman–Crippen LogP) is 5.55. The smallest absolute Gasteiger partial charge is 0.124 e. The first-order chi connectivity index (χ1) is 10.0. The molecule has 0 spiro atoms. The van der Waals surface area contributed by atoms with Gasteiger partial charge < -0.3 is 5.32 Å². The van der Waals surface area contributed by atoms with Crippen LogP contribution in [-0.2, 0) is 6.42 Å². The van der Waals surface area contributed by atoms with E-state index in [1.165, 1.54) is 23.3 Å². The van der Waals surface area contributed by atoms with Gasteiger partial charge in [-0.25, -0.2) is 4.39 Å². The third-order valence-electron chi connectivity index (χ3n) is 3.50. The van der Waals surface area contributed by atoms with Crippen LogP contribution in [0, 0.1) is 12.7 Å². The molecule has 1 N–H and O–H groups in total.